The first-order valence-electron chi connectivity index (χ1n) is 6.40. The second-order valence-electron chi connectivity index (χ2n) is 3.65. The molecule has 2 rings (SSSR count). The van der Waals surface area contributed by atoms with Crippen LogP contribution in [0.5, 0.6) is 0 Å². The Morgan fingerprint density at radius 3 is 2.33 bits per heavy atom. The highest BCUT2D eigenvalue weighted by Gasteiger charge is 2.35. The molecule has 1 aliphatic heterocycles. The Hall–Kier alpha value is -0.370. The van der Waals surface area contributed by atoms with Crippen LogP contribution < -0.4 is 0 Å². The van der Waals surface area contributed by atoms with Crippen LogP contribution >= 0.6 is 0 Å². The summed E-state index contributed by atoms with van der Waals surface area (Å²) in [5, 5.41) is 0. The van der Waals surface area contributed by atoms with Crippen LogP contribution in [0, 0.1) is 5.41 Å². The molecule has 1 saturated carbocycles. The highest BCUT2D eigenvalue weighted by atomic mass is 16.5. The summed E-state index contributed by atoms with van der Waals surface area (Å²) in [4.78, 5) is 11.6. The lowest BCUT2D eigenvalue weighted by Crippen LogP contribution is -2.33. The van der Waals surface area contributed by atoms with Gasteiger partial charge < -0.3 is 4.74 Å². The molecular formula is C10H16O2. The molecule has 1 spiro atoms. The van der Waals surface area contributed by atoms with E-state index in [1.54, 1.807) is 0 Å². The zero-order valence-corrected chi connectivity index (χ0v) is 7.06. The molecule has 0 amide bonds. The van der Waals surface area contributed by atoms with Gasteiger partial charge in [0.2, 0.25) is 0 Å². The molecule has 0 radical (unpaired) electrons. The minimum Gasteiger partial charge on any atom is -0.381 e. The van der Waals surface area contributed by atoms with Crippen molar-refractivity contribution in [3.63, 3.8) is 0 Å². The maximum Gasteiger partial charge on any atom is 0.132 e. The molecule has 2 nitrogen and oxygen atoms in total. The molecule has 1 aliphatic carbocycles. The SMILES string of the molecule is [2H]C1([2H])CC2(CCOCC2)CC([2H])([2H])C1=O. The Morgan fingerprint density at radius 1 is 1.17 bits per heavy atom. The van der Waals surface area contributed by atoms with Gasteiger partial charge in [-0.3, -0.25) is 4.79 Å². The van der Waals surface area contributed by atoms with Gasteiger partial charge in [0.05, 0.1) is 0 Å². The predicted octanol–water partition coefficient (Wildman–Crippen LogP) is 1.93. The highest BCUT2D eigenvalue weighted by Crippen LogP contribution is 2.42. The largest absolute Gasteiger partial charge is 0.381 e. The van der Waals surface area contributed by atoms with E-state index < -0.39 is 18.5 Å². The summed E-state index contributed by atoms with van der Waals surface area (Å²) in [6.07, 6.45) is -2.47. The molecular weight excluding hydrogens is 152 g/mol. The van der Waals surface area contributed by atoms with Gasteiger partial charge in [0.15, 0.2) is 0 Å². The van der Waals surface area contributed by atoms with Crippen molar-refractivity contribution in [2.75, 3.05) is 13.2 Å². The van der Waals surface area contributed by atoms with E-state index in [-0.39, 0.29) is 18.3 Å². The average molecular weight is 172 g/mol. The van der Waals surface area contributed by atoms with Gasteiger partial charge in [0.25, 0.3) is 0 Å². The van der Waals surface area contributed by atoms with E-state index in [0.717, 1.165) is 0 Å². The van der Waals surface area contributed by atoms with E-state index in [0.29, 0.717) is 26.1 Å². The second-order valence-corrected chi connectivity index (χ2v) is 3.65. The molecule has 0 aromatic heterocycles. The van der Waals surface area contributed by atoms with E-state index in [4.69, 9.17) is 10.2 Å². The summed E-state index contributed by atoms with van der Waals surface area (Å²) in [5.74, 6) is -0.892. The summed E-state index contributed by atoms with van der Waals surface area (Å²) < 4.78 is 36.0. The molecule has 0 N–H and O–H groups in total. The van der Waals surface area contributed by atoms with Crippen molar-refractivity contribution in [1.82, 2.24) is 0 Å². The van der Waals surface area contributed by atoms with Crippen molar-refractivity contribution >= 4 is 5.78 Å². The number of Topliss-reactive ketones (excluding diaryl/α,β-unsaturated/α-hetero) is 1. The summed E-state index contributed by atoms with van der Waals surface area (Å²) in [5.41, 5.74) is -0.390. The lowest BCUT2D eigenvalue weighted by atomic mass is 9.69. The fourth-order valence-corrected chi connectivity index (χ4v) is 1.82. The van der Waals surface area contributed by atoms with Crippen molar-refractivity contribution < 1.29 is 15.0 Å². The summed E-state index contributed by atoms with van der Waals surface area (Å²) >= 11 is 0. The van der Waals surface area contributed by atoms with Gasteiger partial charge in [-0.15, -0.1) is 0 Å². The molecule has 2 heteroatoms. The van der Waals surface area contributed by atoms with Gasteiger partial charge >= 0.3 is 0 Å². The topological polar surface area (TPSA) is 26.3 Å². The monoisotopic (exact) mass is 172 g/mol. The third kappa shape index (κ3) is 1.53. The normalized spacial score (nSPS) is 42.5. The number of ether oxygens (including phenoxy) is 1. The lowest BCUT2D eigenvalue weighted by Gasteiger charge is -2.39. The van der Waals surface area contributed by atoms with Crippen LogP contribution in [0.15, 0.2) is 0 Å². The van der Waals surface area contributed by atoms with E-state index in [2.05, 4.69) is 0 Å². The van der Waals surface area contributed by atoms with Gasteiger partial charge in [0.1, 0.15) is 5.78 Å². The minimum absolute atomic E-state index is 0.141. The van der Waals surface area contributed by atoms with E-state index in [1.165, 1.54) is 0 Å². The predicted molar refractivity (Wildman–Crippen MR) is 46.0 cm³/mol. The molecule has 0 bridgehead atoms. The maximum absolute atomic E-state index is 11.6. The highest BCUT2D eigenvalue weighted by molar-refractivity contribution is 5.79. The second kappa shape index (κ2) is 3.17. The number of ketones is 1. The Morgan fingerprint density at radius 2 is 1.75 bits per heavy atom. The Kier molecular flexibility index (Phi) is 1.26. The van der Waals surface area contributed by atoms with Crippen molar-refractivity contribution in [1.29, 1.82) is 0 Å². The number of carbonyl (C=O) groups excluding carboxylic acids is 1. The standard InChI is InChI=1S/C10H16O2/c11-9-1-3-10(4-2-9)5-7-12-8-6-10/h1-8H2/i1D2,2D2. The van der Waals surface area contributed by atoms with Crippen LogP contribution in [0.3, 0.4) is 0 Å². The fourth-order valence-electron chi connectivity index (χ4n) is 1.82. The summed E-state index contributed by atoms with van der Waals surface area (Å²) in [6, 6.07) is 0. The van der Waals surface area contributed by atoms with Gasteiger partial charge in [-0.25, -0.2) is 0 Å². The van der Waals surface area contributed by atoms with Crippen molar-refractivity contribution in [2.24, 2.45) is 5.41 Å². The van der Waals surface area contributed by atoms with Crippen LogP contribution in [0.25, 0.3) is 0 Å². The zero-order valence-electron chi connectivity index (χ0n) is 11.1. The quantitative estimate of drug-likeness (QED) is 0.558. The molecule has 0 aromatic carbocycles. The average Bonchev–Trinajstić information content (AvgIpc) is 2.14. The minimum atomic E-state index is -2.03. The number of hydrogen-bond donors (Lipinski definition) is 0. The Labute approximate surface area is 78.9 Å². The first kappa shape index (κ1) is 4.75. The van der Waals surface area contributed by atoms with Gasteiger partial charge in [-0.1, -0.05) is 0 Å². The molecule has 1 saturated heterocycles. The third-order valence-electron chi connectivity index (χ3n) is 2.80. The first-order valence-corrected chi connectivity index (χ1v) is 4.40. The molecule has 1 heterocycles. The van der Waals surface area contributed by atoms with Gasteiger partial charge in [-0.05, 0) is 31.1 Å². The zero-order chi connectivity index (χ0) is 12.0. The summed E-state index contributed by atoms with van der Waals surface area (Å²) in [7, 11) is 0. The Balaban J connectivity index is 2.28. The fraction of sp³-hybridized carbons (Fsp3) is 0.900. The molecule has 2 aliphatic rings. The molecule has 68 valence electrons. The third-order valence-corrected chi connectivity index (χ3v) is 2.80. The van der Waals surface area contributed by atoms with Crippen LogP contribution in [-0.4, -0.2) is 19.0 Å². The van der Waals surface area contributed by atoms with Gasteiger partial charge in [0, 0.05) is 31.4 Å². The van der Waals surface area contributed by atoms with Crippen molar-refractivity contribution in [2.45, 2.75) is 38.4 Å². The van der Waals surface area contributed by atoms with E-state index in [1.807, 2.05) is 0 Å². The number of hydrogen-bond acceptors (Lipinski definition) is 2. The van der Waals surface area contributed by atoms with Gasteiger partial charge in [-0.2, -0.15) is 0 Å². The summed E-state index contributed by atoms with van der Waals surface area (Å²) in [6.45, 7) is 1.08. The van der Waals surface area contributed by atoms with E-state index in [9.17, 15) is 4.79 Å². The first-order chi connectivity index (χ1) is 7.28. The van der Waals surface area contributed by atoms with Crippen LogP contribution in [0.1, 0.15) is 43.9 Å². The Bertz CT molecular complexity index is 286. The molecule has 0 unspecified atom stereocenters. The molecule has 12 heavy (non-hydrogen) atoms. The maximum atomic E-state index is 11.6. The van der Waals surface area contributed by atoms with Crippen molar-refractivity contribution in [3.05, 3.63) is 0 Å². The van der Waals surface area contributed by atoms with Crippen LogP contribution in [-0.2, 0) is 9.53 Å². The van der Waals surface area contributed by atoms with Crippen LogP contribution in [0.2, 0.25) is 0 Å². The lowest BCUT2D eigenvalue weighted by molar-refractivity contribution is -0.124. The molecule has 0 atom stereocenters. The van der Waals surface area contributed by atoms with Crippen molar-refractivity contribution in [3.8, 4) is 0 Å². The molecule has 2 fully saturated rings. The van der Waals surface area contributed by atoms with E-state index >= 15 is 0 Å². The van der Waals surface area contributed by atoms with Crippen LogP contribution in [0.4, 0.5) is 0 Å². The molecule has 0 aromatic rings. The number of rotatable bonds is 0. The smallest absolute Gasteiger partial charge is 0.132 e. The number of carbonyl (C=O) groups is 1.